The largest absolute Gasteiger partial charge is 0.491 e. The average molecular weight is 292 g/mol. The maximum Gasteiger partial charge on any atom is 0.123 e. The predicted molar refractivity (Wildman–Crippen MR) is 93.0 cm³/mol. The first kappa shape index (κ1) is 17.7. The average Bonchev–Trinajstić information content (AvgIpc) is 2.35. The van der Waals surface area contributed by atoms with Crippen molar-refractivity contribution in [2.75, 3.05) is 17.6 Å². The van der Waals surface area contributed by atoms with E-state index in [9.17, 15) is 0 Å². The lowest BCUT2D eigenvalue weighted by atomic mass is 9.87. The van der Waals surface area contributed by atoms with Crippen LogP contribution in [0.4, 0.5) is 11.4 Å². The molecule has 0 spiro atoms. The summed E-state index contributed by atoms with van der Waals surface area (Å²) in [5, 5.41) is 3.51. The molecule has 0 saturated carbocycles. The van der Waals surface area contributed by atoms with Crippen LogP contribution in [0.1, 0.15) is 60.3 Å². The number of hydrogen-bond acceptors (Lipinski definition) is 3. The van der Waals surface area contributed by atoms with E-state index >= 15 is 0 Å². The number of nitrogens with one attached hydrogen (secondary N) is 1. The fourth-order valence-electron chi connectivity index (χ4n) is 2.35. The van der Waals surface area contributed by atoms with Gasteiger partial charge in [-0.15, -0.1) is 0 Å². The molecule has 1 aromatic rings. The van der Waals surface area contributed by atoms with Gasteiger partial charge in [0.15, 0.2) is 0 Å². The molecule has 0 aliphatic heterocycles. The molecular weight excluding hydrogens is 260 g/mol. The van der Waals surface area contributed by atoms with Gasteiger partial charge in [0, 0.05) is 30.1 Å². The van der Waals surface area contributed by atoms with Crippen LogP contribution in [-0.4, -0.2) is 12.6 Å². The van der Waals surface area contributed by atoms with Crippen molar-refractivity contribution >= 4 is 11.4 Å². The maximum absolute atomic E-state index is 5.95. The highest BCUT2D eigenvalue weighted by Crippen LogP contribution is 2.27. The van der Waals surface area contributed by atoms with Crippen LogP contribution in [0.2, 0.25) is 0 Å². The van der Waals surface area contributed by atoms with Gasteiger partial charge in [0.1, 0.15) is 5.75 Å². The quantitative estimate of drug-likeness (QED) is 0.493. The summed E-state index contributed by atoms with van der Waals surface area (Å²) in [4.78, 5) is 0. The van der Waals surface area contributed by atoms with Crippen LogP contribution in [0.3, 0.4) is 0 Å². The maximum atomic E-state index is 5.95. The number of nitrogens with two attached hydrogens (primary N) is 1. The second kappa shape index (κ2) is 8.16. The summed E-state index contributed by atoms with van der Waals surface area (Å²) in [6.45, 7) is 11.9. The molecule has 0 fully saturated rings. The fourth-order valence-corrected chi connectivity index (χ4v) is 2.35. The summed E-state index contributed by atoms with van der Waals surface area (Å²) >= 11 is 0. The van der Waals surface area contributed by atoms with Gasteiger partial charge in [-0.25, -0.2) is 0 Å². The third-order valence-electron chi connectivity index (χ3n) is 3.53. The highest BCUT2D eigenvalue weighted by Gasteiger charge is 2.17. The fraction of sp³-hybridized carbons (Fsp3) is 0.667. The molecule has 0 aliphatic rings. The minimum absolute atomic E-state index is 0.158. The van der Waals surface area contributed by atoms with E-state index in [2.05, 4.69) is 26.1 Å². The van der Waals surface area contributed by atoms with Gasteiger partial charge in [-0.2, -0.15) is 0 Å². The van der Waals surface area contributed by atoms with Crippen molar-refractivity contribution in [1.29, 1.82) is 0 Å². The van der Waals surface area contributed by atoms with Crippen molar-refractivity contribution in [2.24, 2.45) is 5.41 Å². The lowest BCUT2D eigenvalue weighted by molar-refractivity contribution is 0.242. The molecule has 3 heteroatoms. The first-order valence-corrected chi connectivity index (χ1v) is 8.13. The number of rotatable bonds is 9. The van der Waals surface area contributed by atoms with E-state index in [1.807, 2.05) is 32.0 Å². The van der Waals surface area contributed by atoms with Crippen molar-refractivity contribution in [2.45, 2.75) is 66.4 Å². The second-order valence-corrected chi connectivity index (χ2v) is 6.93. The van der Waals surface area contributed by atoms with Crippen molar-refractivity contribution in [3.63, 3.8) is 0 Å². The standard InChI is InChI=1S/C18H32N2O/c1-6-7-8-9-18(4,5)13-20-16-10-15(19)11-17(12-16)21-14(2)3/h10-12,14,20H,6-9,13,19H2,1-5H3. The highest BCUT2D eigenvalue weighted by atomic mass is 16.5. The molecule has 21 heavy (non-hydrogen) atoms. The molecule has 0 aliphatic carbocycles. The van der Waals surface area contributed by atoms with Crippen LogP contribution in [0, 0.1) is 5.41 Å². The molecule has 120 valence electrons. The van der Waals surface area contributed by atoms with Gasteiger partial charge < -0.3 is 15.8 Å². The van der Waals surface area contributed by atoms with E-state index in [1.165, 1.54) is 25.7 Å². The molecule has 1 rings (SSSR count). The Morgan fingerprint density at radius 1 is 1.19 bits per heavy atom. The summed E-state index contributed by atoms with van der Waals surface area (Å²) in [5.41, 5.74) is 8.02. The monoisotopic (exact) mass is 292 g/mol. The lowest BCUT2D eigenvalue weighted by Crippen LogP contribution is -2.23. The summed E-state index contributed by atoms with van der Waals surface area (Å²) in [5.74, 6) is 0.830. The SMILES string of the molecule is CCCCCC(C)(C)CNc1cc(N)cc(OC(C)C)c1. The molecule has 0 bridgehead atoms. The van der Waals surface area contributed by atoms with E-state index in [1.54, 1.807) is 0 Å². The number of unbranched alkanes of at least 4 members (excludes halogenated alkanes) is 2. The molecule has 0 radical (unpaired) electrons. The molecule has 0 atom stereocenters. The summed E-state index contributed by atoms with van der Waals surface area (Å²) in [6.07, 6.45) is 5.28. The Hall–Kier alpha value is -1.38. The van der Waals surface area contributed by atoms with E-state index < -0.39 is 0 Å². The van der Waals surface area contributed by atoms with E-state index in [-0.39, 0.29) is 6.10 Å². The number of nitrogen functional groups attached to an aromatic ring is 1. The summed E-state index contributed by atoms with van der Waals surface area (Å²) < 4.78 is 5.73. The Kier molecular flexibility index (Phi) is 6.86. The van der Waals surface area contributed by atoms with Gasteiger partial charge in [0.05, 0.1) is 6.10 Å². The zero-order valence-electron chi connectivity index (χ0n) is 14.3. The Balaban J connectivity index is 2.59. The highest BCUT2D eigenvalue weighted by molar-refractivity contribution is 5.59. The van der Waals surface area contributed by atoms with Crippen LogP contribution >= 0.6 is 0 Å². The molecule has 0 amide bonds. The number of hydrogen-bond donors (Lipinski definition) is 2. The second-order valence-electron chi connectivity index (χ2n) is 6.93. The Morgan fingerprint density at radius 2 is 1.90 bits per heavy atom. The van der Waals surface area contributed by atoms with Gasteiger partial charge in [-0.3, -0.25) is 0 Å². The number of ether oxygens (including phenoxy) is 1. The van der Waals surface area contributed by atoms with Gasteiger partial charge in [0.25, 0.3) is 0 Å². The Morgan fingerprint density at radius 3 is 2.52 bits per heavy atom. The topological polar surface area (TPSA) is 47.3 Å². The molecule has 3 nitrogen and oxygen atoms in total. The van der Waals surface area contributed by atoms with Crippen LogP contribution < -0.4 is 15.8 Å². The third kappa shape index (κ3) is 7.26. The lowest BCUT2D eigenvalue weighted by Gasteiger charge is -2.26. The normalized spacial score (nSPS) is 11.7. The molecule has 0 heterocycles. The Labute approximate surface area is 130 Å². The Bertz CT molecular complexity index is 427. The summed E-state index contributed by atoms with van der Waals surface area (Å²) in [6, 6.07) is 5.87. The zero-order chi connectivity index (χ0) is 15.9. The molecule has 1 aromatic carbocycles. The minimum Gasteiger partial charge on any atom is -0.491 e. The molecule has 3 N–H and O–H groups in total. The minimum atomic E-state index is 0.158. The van der Waals surface area contributed by atoms with Gasteiger partial charge in [0.2, 0.25) is 0 Å². The molecule has 0 saturated heterocycles. The van der Waals surface area contributed by atoms with Crippen LogP contribution in [0.15, 0.2) is 18.2 Å². The first-order valence-electron chi connectivity index (χ1n) is 8.13. The first-order chi connectivity index (χ1) is 9.82. The molecule has 0 unspecified atom stereocenters. The van der Waals surface area contributed by atoms with Crippen molar-refractivity contribution in [3.8, 4) is 5.75 Å². The number of anilines is 2. The zero-order valence-corrected chi connectivity index (χ0v) is 14.3. The summed E-state index contributed by atoms with van der Waals surface area (Å²) in [7, 11) is 0. The van der Waals surface area contributed by atoms with Gasteiger partial charge >= 0.3 is 0 Å². The van der Waals surface area contributed by atoms with Crippen LogP contribution in [0.25, 0.3) is 0 Å². The van der Waals surface area contributed by atoms with E-state index in [0.29, 0.717) is 5.41 Å². The van der Waals surface area contributed by atoms with Crippen LogP contribution in [0.5, 0.6) is 5.75 Å². The smallest absolute Gasteiger partial charge is 0.123 e. The van der Waals surface area contributed by atoms with Crippen molar-refractivity contribution < 1.29 is 4.74 Å². The van der Waals surface area contributed by atoms with Gasteiger partial charge in [-0.1, -0.05) is 40.0 Å². The molecular formula is C18H32N2O. The van der Waals surface area contributed by atoms with Crippen molar-refractivity contribution in [1.82, 2.24) is 0 Å². The third-order valence-corrected chi connectivity index (χ3v) is 3.53. The van der Waals surface area contributed by atoms with Crippen LogP contribution in [-0.2, 0) is 0 Å². The van der Waals surface area contributed by atoms with Gasteiger partial charge in [-0.05, 0) is 31.7 Å². The van der Waals surface area contributed by atoms with E-state index in [4.69, 9.17) is 10.5 Å². The van der Waals surface area contributed by atoms with E-state index in [0.717, 1.165) is 23.7 Å². The number of benzene rings is 1. The molecule has 0 aromatic heterocycles. The van der Waals surface area contributed by atoms with Crippen molar-refractivity contribution in [3.05, 3.63) is 18.2 Å². The predicted octanol–water partition coefficient (Wildman–Crippen LogP) is 5.07.